The third-order valence-corrected chi connectivity index (χ3v) is 5.40. The third kappa shape index (κ3) is 3.98. The molecule has 2 aromatic carbocycles. The standard InChI is InChI=1S/C26H20N4O4/c1-33-15-20-18-9-3-5-11-23(18)34-24(20)26(32)30-29-25(31)19-13-22(16-7-6-12-27-14-16)28-21-10-4-2-8-17(19)21/h2-14H,15H2,1H3,(H,29,31)(H,30,32). The summed E-state index contributed by atoms with van der Waals surface area (Å²) in [5.74, 6) is -0.983. The molecule has 0 aliphatic carbocycles. The van der Waals surface area contributed by atoms with Crippen LogP contribution in [0.2, 0.25) is 0 Å². The van der Waals surface area contributed by atoms with Crippen molar-refractivity contribution in [3.63, 3.8) is 0 Å². The van der Waals surface area contributed by atoms with E-state index < -0.39 is 11.8 Å². The Hall–Kier alpha value is -4.56. The van der Waals surface area contributed by atoms with Crippen LogP contribution < -0.4 is 10.9 Å². The molecule has 0 fully saturated rings. The first-order chi connectivity index (χ1) is 16.7. The summed E-state index contributed by atoms with van der Waals surface area (Å²) in [6, 6.07) is 20.0. The van der Waals surface area contributed by atoms with E-state index >= 15 is 0 Å². The van der Waals surface area contributed by atoms with E-state index in [0.29, 0.717) is 33.3 Å². The number of pyridine rings is 2. The molecule has 0 bridgehead atoms. The molecule has 34 heavy (non-hydrogen) atoms. The van der Waals surface area contributed by atoms with Crippen LogP contribution in [0.1, 0.15) is 26.5 Å². The maximum atomic E-state index is 13.1. The van der Waals surface area contributed by atoms with Crippen molar-refractivity contribution in [1.82, 2.24) is 20.8 Å². The summed E-state index contributed by atoms with van der Waals surface area (Å²) in [5.41, 5.74) is 8.53. The highest BCUT2D eigenvalue weighted by Gasteiger charge is 2.21. The van der Waals surface area contributed by atoms with Gasteiger partial charge in [0.25, 0.3) is 5.91 Å². The number of hydrazine groups is 1. The quantitative estimate of drug-likeness (QED) is 0.386. The normalized spacial score (nSPS) is 11.0. The molecule has 0 aliphatic heterocycles. The molecule has 3 heterocycles. The second-order valence-corrected chi connectivity index (χ2v) is 7.56. The number of amides is 2. The molecule has 8 nitrogen and oxygen atoms in total. The summed E-state index contributed by atoms with van der Waals surface area (Å²) in [5, 5.41) is 1.44. The van der Waals surface area contributed by atoms with E-state index in [-0.39, 0.29) is 12.4 Å². The van der Waals surface area contributed by atoms with E-state index in [0.717, 1.165) is 10.9 Å². The Balaban J connectivity index is 1.44. The van der Waals surface area contributed by atoms with Crippen molar-refractivity contribution < 1.29 is 18.7 Å². The number of aromatic nitrogens is 2. The van der Waals surface area contributed by atoms with Crippen LogP contribution in [0, 0.1) is 0 Å². The summed E-state index contributed by atoms with van der Waals surface area (Å²) < 4.78 is 11.0. The molecular formula is C26H20N4O4. The molecule has 0 aliphatic rings. The Bertz CT molecular complexity index is 1510. The number of carbonyl (C=O) groups is 2. The van der Waals surface area contributed by atoms with Gasteiger partial charge in [0.05, 0.1) is 23.4 Å². The van der Waals surface area contributed by atoms with E-state index in [9.17, 15) is 9.59 Å². The van der Waals surface area contributed by atoms with Gasteiger partial charge < -0.3 is 9.15 Å². The third-order valence-electron chi connectivity index (χ3n) is 5.40. The van der Waals surface area contributed by atoms with E-state index in [1.807, 2.05) is 48.5 Å². The van der Waals surface area contributed by atoms with Crippen molar-refractivity contribution >= 4 is 33.7 Å². The molecule has 0 radical (unpaired) electrons. The number of nitrogens with zero attached hydrogens (tertiary/aromatic N) is 2. The smallest absolute Gasteiger partial charge is 0.305 e. The van der Waals surface area contributed by atoms with Crippen molar-refractivity contribution in [2.45, 2.75) is 6.61 Å². The lowest BCUT2D eigenvalue weighted by atomic mass is 10.0. The van der Waals surface area contributed by atoms with Crippen LogP contribution >= 0.6 is 0 Å². The Labute approximate surface area is 194 Å². The van der Waals surface area contributed by atoms with Gasteiger partial charge in [-0.25, -0.2) is 4.98 Å². The fourth-order valence-corrected chi connectivity index (χ4v) is 3.83. The van der Waals surface area contributed by atoms with Gasteiger partial charge in [-0.05, 0) is 30.3 Å². The number of hydrogen-bond donors (Lipinski definition) is 2. The number of carbonyl (C=O) groups excluding carboxylic acids is 2. The predicted octanol–water partition coefficient (Wildman–Crippen LogP) is 4.26. The highest BCUT2D eigenvalue weighted by molar-refractivity contribution is 6.08. The number of methoxy groups -OCH3 is 1. The van der Waals surface area contributed by atoms with Crippen molar-refractivity contribution in [3.8, 4) is 11.3 Å². The van der Waals surface area contributed by atoms with Crippen molar-refractivity contribution in [3.05, 3.63) is 96.0 Å². The van der Waals surface area contributed by atoms with Gasteiger partial charge in [0, 0.05) is 41.4 Å². The Morgan fingerprint density at radius 1 is 0.941 bits per heavy atom. The number of hydrogen-bond acceptors (Lipinski definition) is 6. The summed E-state index contributed by atoms with van der Waals surface area (Å²) in [4.78, 5) is 34.8. The number of nitrogens with one attached hydrogen (secondary N) is 2. The Kier molecular flexibility index (Phi) is 5.72. The van der Waals surface area contributed by atoms with Gasteiger partial charge in [-0.2, -0.15) is 0 Å². The molecule has 2 amide bonds. The van der Waals surface area contributed by atoms with Gasteiger partial charge in [-0.1, -0.05) is 36.4 Å². The SMILES string of the molecule is COCc1c(C(=O)NNC(=O)c2cc(-c3cccnc3)nc3ccccc23)oc2ccccc12. The van der Waals surface area contributed by atoms with E-state index in [1.165, 1.54) is 0 Å². The first-order valence-electron chi connectivity index (χ1n) is 10.6. The van der Waals surface area contributed by atoms with Gasteiger partial charge >= 0.3 is 5.91 Å². The molecule has 0 atom stereocenters. The molecular weight excluding hydrogens is 432 g/mol. The monoisotopic (exact) mass is 452 g/mol. The summed E-state index contributed by atoms with van der Waals surface area (Å²) >= 11 is 0. The molecule has 5 rings (SSSR count). The van der Waals surface area contributed by atoms with Gasteiger partial charge in [0.1, 0.15) is 5.58 Å². The topological polar surface area (TPSA) is 106 Å². The average Bonchev–Trinajstić information content (AvgIpc) is 3.26. The number of rotatable bonds is 5. The summed E-state index contributed by atoms with van der Waals surface area (Å²) in [6.07, 6.45) is 3.35. The maximum absolute atomic E-state index is 13.1. The molecule has 5 aromatic rings. The van der Waals surface area contributed by atoms with Crippen LogP contribution in [0.3, 0.4) is 0 Å². The first kappa shape index (κ1) is 21.3. The van der Waals surface area contributed by atoms with Gasteiger partial charge in [0.15, 0.2) is 5.76 Å². The minimum absolute atomic E-state index is 0.0824. The molecule has 0 saturated heterocycles. The zero-order chi connectivity index (χ0) is 23.5. The second-order valence-electron chi connectivity index (χ2n) is 7.56. The highest BCUT2D eigenvalue weighted by Crippen LogP contribution is 2.27. The Morgan fingerprint density at radius 3 is 2.50 bits per heavy atom. The van der Waals surface area contributed by atoms with Crippen molar-refractivity contribution in [2.75, 3.05) is 7.11 Å². The molecule has 2 N–H and O–H groups in total. The zero-order valence-corrected chi connectivity index (χ0v) is 18.2. The van der Waals surface area contributed by atoms with Gasteiger partial charge in [0.2, 0.25) is 0 Å². The highest BCUT2D eigenvalue weighted by atomic mass is 16.5. The molecule has 0 spiro atoms. The lowest BCUT2D eigenvalue weighted by molar-refractivity contribution is 0.0829. The number of para-hydroxylation sites is 2. The van der Waals surface area contributed by atoms with Gasteiger partial charge in [-0.15, -0.1) is 0 Å². The molecule has 168 valence electrons. The number of ether oxygens (including phenoxy) is 1. The lowest BCUT2D eigenvalue weighted by Gasteiger charge is -2.11. The van der Waals surface area contributed by atoms with Crippen LogP contribution in [-0.2, 0) is 11.3 Å². The molecule has 0 unspecified atom stereocenters. The summed E-state index contributed by atoms with van der Waals surface area (Å²) in [7, 11) is 1.54. The van der Waals surface area contributed by atoms with Crippen LogP contribution in [0.25, 0.3) is 33.1 Å². The van der Waals surface area contributed by atoms with Crippen molar-refractivity contribution in [1.29, 1.82) is 0 Å². The van der Waals surface area contributed by atoms with Crippen LogP contribution in [0.4, 0.5) is 0 Å². The second kappa shape index (κ2) is 9.13. The molecule has 8 heteroatoms. The molecule has 0 saturated carbocycles. The predicted molar refractivity (Wildman–Crippen MR) is 127 cm³/mol. The van der Waals surface area contributed by atoms with Crippen molar-refractivity contribution in [2.24, 2.45) is 0 Å². The lowest BCUT2D eigenvalue weighted by Crippen LogP contribution is -2.42. The fraction of sp³-hybridized carbons (Fsp3) is 0.0769. The van der Waals surface area contributed by atoms with Gasteiger partial charge in [-0.3, -0.25) is 25.4 Å². The average molecular weight is 452 g/mol. The summed E-state index contributed by atoms with van der Waals surface area (Å²) in [6.45, 7) is 0.192. The first-order valence-corrected chi connectivity index (χ1v) is 10.6. The Morgan fingerprint density at radius 2 is 1.71 bits per heavy atom. The minimum atomic E-state index is -0.581. The number of furan rings is 1. The number of fused-ring (bicyclic) bond motifs is 2. The zero-order valence-electron chi connectivity index (χ0n) is 18.2. The van der Waals surface area contributed by atoms with E-state index in [4.69, 9.17) is 9.15 Å². The van der Waals surface area contributed by atoms with E-state index in [2.05, 4.69) is 20.8 Å². The largest absolute Gasteiger partial charge is 0.450 e. The van der Waals surface area contributed by atoms with Crippen LogP contribution in [0.15, 0.2) is 83.5 Å². The van der Waals surface area contributed by atoms with Crippen LogP contribution in [-0.4, -0.2) is 28.9 Å². The fourth-order valence-electron chi connectivity index (χ4n) is 3.83. The maximum Gasteiger partial charge on any atom is 0.305 e. The minimum Gasteiger partial charge on any atom is -0.450 e. The van der Waals surface area contributed by atoms with Crippen LogP contribution in [0.5, 0.6) is 0 Å². The number of benzene rings is 2. The van der Waals surface area contributed by atoms with E-state index in [1.54, 1.807) is 37.7 Å². The molecule has 3 aromatic heterocycles.